The van der Waals surface area contributed by atoms with Gasteiger partial charge < -0.3 is 5.32 Å². The molecule has 17 heavy (non-hydrogen) atoms. The van der Waals surface area contributed by atoms with Gasteiger partial charge in [-0.2, -0.15) is 0 Å². The summed E-state index contributed by atoms with van der Waals surface area (Å²) in [6, 6.07) is 9.96. The van der Waals surface area contributed by atoms with Crippen LogP contribution in [0.1, 0.15) is 0 Å². The fourth-order valence-corrected chi connectivity index (χ4v) is 2.52. The summed E-state index contributed by atoms with van der Waals surface area (Å²) < 4.78 is 1.17. The van der Waals surface area contributed by atoms with Gasteiger partial charge in [-0.15, -0.1) is 11.3 Å². The van der Waals surface area contributed by atoms with E-state index in [1.54, 1.807) is 24.6 Å². The van der Waals surface area contributed by atoms with Crippen molar-refractivity contribution in [3.8, 4) is 10.7 Å². The molecular formula is C12H10N4S. The number of hydrogen-bond acceptors (Lipinski definition) is 5. The van der Waals surface area contributed by atoms with Crippen molar-refractivity contribution in [1.29, 1.82) is 0 Å². The molecule has 2 heterocycles. The molecule has 0 saturated heterocycles. The zero-order valence-electron chi connectivity index (χ0n) is 9.21. The molecule has 0 unspecified atom stereocenters. The molecule has 1 N–H and O–H groups in total. The fraction of sp³-hybridized carbons (Fsp3) is 0.0833. The lowest BCUT2D eigenvalue weighted by Crippen LogP contribution is -1.96. The highest BCUT2D eigenvalue weighted by Crippen LogP contribution is 2.28. The highest BCUT2D eigenvalue weighted by atomic mass is 32.1. The van der Waals surface area contributed by atoms with Crippen LogP contribution in [0.5, 0.6) is 0 Å². The summed E-state index contributed by atoms with van der Waals surface area (Å²) in [6.45, 7) is 0. The zero-order chi connectivity index (χ0) is 11.7. The number of fused-ring (bicyclic) bond motifs is 1. The van der Waals surface area contributed by atoms with Gasteiger partial charge in [0.15, 0.2) is 0 Å². The van der Waals surface area contributed by atoms with E-state index >= 15 is 0 Å². The first kappa shape index (κ1) is 10.2. The van der Waals surface area contributed by atoms with Crippen molar-refractivity contribution < 1.29 is 0 Å². The van der Waals surface area contributed by atoms with Crippen LogP contribution in [0.25, 0.3) is 20.9 Å². The van der Waals surface area contributed by atoms with Gasteiger partial charge in [-0.1, -0.05) is 12.1 Å². The second kappa shape index (κ2) is 4.10. The summed E-state index contributed by atoms with van der Waals surface area (Å²) in [5, 5.41) is 3.85. The van der Waals surface area contributed by atoms with Crippen LogP contribution < -0.4 is 5.32 Å². The molecule has 4 nitrogen and oxygen atoms in total. The molecule has 5 heteroatoms. The highest BCUT2D eigenvalue weighted by Gasteiger charge is 2.07. The van der Waals surface area contributed by atoms with Crippen molar-refractivity contribution in [3.63, 3.8) is 0 Å². The molecule has 84 valence electrons. The number of nitrogens with zero attached hydrogens (tertiary/aromatic N) is 3. The summed E-state index contributed by atoms with van der Waals surface area (Å²) in [6.07, 6.45) is 1.74. The first-order valence-corrected chi connectivity index (χ1v) is 6.05. The SMILES string of the molecule is CNc1nccc(-c2nc3ccccc3s2)n1. The summed E-state index contributed by atoms with van der Waals surface area (Å²) in [7, 11) is 1.80. The lowest BCUT2D eigenvalue weighted by molar-refractivity contribution is 1.15. The van der Waals surface area contributed by atoms with Crippen LogP contribution in [0.15, 0.2) is 36.5 Å². The number of rotatable bonds is 2. The van der Waals surface area contributed by atoms with Gasteiger partial charge in [0.1, 0.15) is 10.7 Å². The molecule has 0 saturated carbocycles. The van der Waals surface area contributed by atoms with Crippen LogP contribution >= 0.6 is 11.3 Å². The minimum Gasteiger partial charge on any atom is -0.357 e. The maximum atomic E-state index is 4.56. The highest BCUT2D eigenvalue weighted by molar-refractivity contribution is 7.21. The normalized spacial score (nSPS) is 10.6. The quantitative estimate of drug-likeness (QED) is 0.750. The van der Waals surface area contributed by atoms with Crippen molar-refractivity contribution in [3.05, 3.63) is 36.5 Å². The van der Waals surface area contributed by atoms with Gasteiger partial charge in [0, 0.05) is 13.2 Å². The monoisotopic (exact) mass is 242 g/mol. The van der Waals surface area contributed by atoms with E-state index in [9.17, 15) is 0 Å². The van der Waals surface area contributed by atoms with Gasteiger partial charge in [0.05, 0.1) is 10.2 Å². The van der Waals surface area contributed by atoms with Crippen molar-refractivity contribution in [1.82, 2.24) is 15.0 Å². The Kier molecular flexibility index (Phi) is 2.45. The molecule has 2 aromatic heterocycles. The molecule has 3 rings (SSSR count). The molecule has 0 aliphatic heterocycles. The summed E-state index contributed by atoms with van der Waals surface area (Å²) >= 11 is 1.64. The van der Waals surface area contributed by atoms with Crippen LogP contribution in [0.2, 0.25) is 0 Å². The minimum absolute atomic E-state index is 0.613. The molecule has 0 radical (unpaired) electrons. The van der Waals surface area contributed by atoms with Gasteiger partial charge in [0.2, 0.25) is 5.95 Å². The van der Waals surface area contributed by atoms with Crippen LogP contribution in [0.4, 0.5) is 5.95 Å². The van der Waals surface area contributed by atoms with Gasteiger partial charge in [0.25, 0.3) is 0 Å². The van der Waals surface area contributed by atoms with Crippen LogP contribution in [0, 0.1) is 0 Å². The maximum Gasteiger partial charge on any atom is 0.223 e. The molecule has 0 fully saturated rings. The third kappa shape index (κ3) is 1.85. The predicted octanol–water partition coefficient (Wildman–Crippen LogP) is 2.80. The average molecular weight is 242 g/mol. The molecule has 0 amide bonds. The van der Waals surface area contributed by atoms with Crippen LogP contribution in [-0.4, -0.2) is 22.0 Å². The van der Waals surface area contributed by atoms with Gasteiger partial charge >= 0.3 is 0 Å². The number of para-hydroxylation sites is 1. The number of nitrogens with one attached hydrogen (secondary N) is 1. The van der Waals surface area contributed by atoms with Crippen LogP contribution in [0.3, 0.4) is 0 Å². The van der Waals surface area contributed by atoms with E-state index in [1.165, 1.54) is 4.70 Å². The van der Waals surface area contributed by atoms with Gasteiger partial charge in [-0.05, 0) is 18.2 Å². The van der Waals surface area contributed by atoms with Crippen LogP contribution in [-0.2, 0) is 0 Å². The Balaban J connectivity index is 2.13. The molecule has 0 spiro atoms. The summed E-state index contributed by atoms with van der Waals surface area (Å²) in [5.41, 5.74) is 1.86. The fourth-order valence-electron chi connectivity index (χ4n) is 1.58. The first-order chi connectivity index (χ1) is 8.36. The molecule has 0 aliphatic carbocycles. The Morgan fingerprint density at radius 1 is 1.12 bits per heavy atom. The Hall–Kier alpha value is -2.01. The van der Waals surface area contributed by atoms with E-state index in [4.69, 9.17) is 0 Å². The lowest BCUT2D eigenvalue weighted by Gasteiger charge is -1.98. The third-order valence-electron chi connectivity index (χ3n) is 2.39. The van der Waals surface area contributed by atoms with Gasteiger partial charge in [-0.25, -0.2) is 15.0 Å². The molecule has 0 atom stereocenters. The molecule has 0 aliphatic rings. The van der Waals surface area contributed by atoms with E-state index in [0.29, 0.717) is 5.95 Å². The minimum atomic E-state index is 0.613. The second-order valence-corrected chi connectivity index (χ2v) is 4.53. The lowest BCUT2D eigenvalue weighted by atomic mass is 10.3. The Labute approximate surface area is 102 Å². The third-order valence-corrected chi connectivity index (χ3v) is 3.45. The molecule has 1 aromatic carbocycles. The summed E-state index contributed by atoms with van der Waals surface area (Å²) in [5.74, 6) is 0.613. The smallest absolute Gasteiger partial charge is 0.223 e. The van der Waals surface area contributed by atoms with E-state index in [1.807, 2.05) is 24.3 Å². The number of hydrogen-bond donors (Lipinski definition) is 1. The first-order valence-electron chi connectivity index (χ1n) is 5.23. The molecule has 0 bridgehead atoms. The number of anilines is 1. The average Bonchev–Trinajstić information content (AvgIpc) is 2.82. The Morgan fingerprint density at radius 2 is 2.00 bits per heavy atom. The zero-order valence-corrected chi connectivity index (χ0v) is 10.0. The number of aromatic nitrogens is 3. The molecule has 3 aromatic rings. The Bertz CT molecular complexity index is 629. The van der Waals surface area contributed by atoms with E-state index < -0.39 is 0 Å². The van der Waals surface area contributed by atoms with Crippen molar-refractivity contribution in [2.75, 3.05) is 12.4 Å². The van der Waals surface area contributed by atoms with Crippen molar-refractivity contribution in [2.45, 2.75) is 0 Å². The second-order valence-electron chi connectivity index (χ2n) is 3.50. The van der Waals surface area contributed by atoms with E-state index in [0.717, 1.165) is 16.2 Å². The standard InChI is InChI=1S/C12H10N4S/c1-13-12-14-7-6-9(16-12)11-15-8-4-2-3-5-10(8)17-11/h2-7H,1H3,(H,13,14,16). The topological polar surface area (TPSA) is 50.7 Å². The Morgan fingerprint density at radius 3 is 2.82 bits per heavy atom. The van der Waals surface area contributed by atoms with Crippen molar-refractivity contribution >= 4 is 27.5 Å². The predicted molar refractivity (Wildman–Crippen MR) is 70.2 cm³/mol. The number of benzene rings is 1. The largest absolute Gasteiger partial charge is 0.357 e. The van der Waals surface area contributed by atoms with Gasteiger partial charge in [-0.3, -0.25) is 0 Å². The number of thiazole rings is 1. The van der Waals surface area contributed by atoms with E-state index in [2.05, 4.69) is 26.3 Å². The van der Waals surface area contributed by atoms with E-state index in [-0.39, 0.29) is 0 Å². The van der Waals surface area contributed by atoms with Crippen molar-refractivity contribution in [2.24, 2.45) is 0 Å². The maximum absolute atomic E-state index is 4.56. The summed E-state index contributed by atoms with van der Waals surface area (Å²) in [4.78, 5) is 13.0. The molecular weight excluding hydrogens is 232 g/mol.